The van der Waals surface area contributed by atoms with Crippen molar-refractivity contribution in [2.45, 2.75) is 24.2 Å². The average Bonchev–Trinajstić information content (AvgIpc) is 2.61. The van der Waals surface area contributed by atoms with Gasteiger partial charge in [-0.3, -0.25) is 9.52 Å². The molecule has 1 amide bonds. The minimum Gasteiger partial charge on any atom is -0.339 e. The standard InChI is InChI=1S/C18H19FN2O3S/c19-15-7-5-8-16(13-15)20-25(23,24)17-9-4-6-14(12-17)18(22)21-10-2-1-3-11-21/h4-9,12-13,20H,1-3,10-11H2. The molecule has 1 heterocycles. The molecule has 1 N–H and O–H groups in total. The van der Waals surface area contributed by atoms with Crippen LogP contribution in [-0.4, -0.2) is 32.3 Å². The fraction of sp³-hybridized carbons (Fsp3) is 0.278. The summed E-state index contributed by atoms with van der Waals surface area (Å²) in [6, 6.07) is 11.1. The predicted octanol–water partition coefficient (Wildman–Crippen LogP) is 3.25. The highest BCUT2D eigenvalue weighted by atomic mass is 32.2. The number of piperidine rings is 1. The Labute approximate surface area is 146 Å². The van der Waals surface area contributed by atoms with Crippen LogP contribution in [-0.2, 0) is 10.0 Å². The smallest absolute Gasteiger partial charge is 0.261 e. The maximum atomic E-state index is 13.2. The van der Waals surface area contributed by atoms with E-state index in [-0.39, 0.29) is 16.5 Å². The first-order valence-corrected chi connectivity index (χ1v) is 9.62. The van der Waals surface area contributed by atoms with Gasteiger partial charge in [0.2, 0.25) is 0 Å². The number of rotatable bonds is 4. The van der Waals surface area contributed by atoms with Crippen molar-refractivity contribution < 1.29 is 17.6 Å². The van der Waals surface area contributed by atoms with Gasteiger partial charge in [0, 0.05) is 18.7 Å². The van der Waals surface area contributed by atoms with E-state index in [1.165, 1.54) is 36.4 Å². The van der Waals surface area contributed by atoms with E-state index in [0.29, 0.717) is 18.7 Å². The lowest BCUT2D eigenvalue weighted by molar-refractivity contribution is 0.0724. The van der Waals surface area contributed by atoms with E-state index >= 15 is 0 Å². The lowest BCUT2D eigenvalue weighted by Crippen LogP contribution is -2.35. The Balaban J connectivity index is 1.83. The normalized spacial score (nSPS) is 15.0. The SMILES string of the molecule is O=C(c1cccc(S(=O)(=O)Nc2cccc(F)c2)c1)N1CCCCC1. The number of hydrogen-bond acceptors (Lipinski definition) is 3. The Morgan fingerprint density at radius 2 is 1.72 bits per heavy atom. The number of nitrogens with zero attached hydrogens (tertiary/aromatic N) is 1. The van der Waals surface area contributed by atoms with Crippen molar-refractivity contribution in [1.29, 1.82) is 0 Å². The minimum absolute atomic E-state index is 0.0281. The second-order valence-electron chi connectivity index (χ2n) is 6.00. The van der Waals surface area contributed by atoms with Crippen molar-refractivity contribution in [3.63, 3.8) is 0 Å². The highest BCUT2D eigenvalue weighted by Gasteiger charge is 2.21. The summed E-state index contributed by atoms with van der Waals surface area (Å²) in [6.07, 6.45) is 3.03. The number of carbonyl (C=O) groups is 1. The van der Waals surface area contributed by atoms with Gasteiger partial charge in [-0.15, -0.1) is 0 Å². The third-order valence-electron chi connectivity index (χ3n) is 4.11. The molecule has 2 aromatic carbocycles. The summed E-state index contributed by atoms with van der Waals surface area (Å²) in [5.74, 6) is -0.697. The second kappa shape index (κ2) is 7.23. The van der Waals surface area contributed by atoms with Gasteiger partial charge < -0.3 is 4.90 Å². The van der Waals surface area contributed by atoms with Crippen LogP contribution in [0.25, 0.3) is 0 Å². The molecule has 3 rings (SSSR count). The fourth-order valence-electron chi connectivity index (χ4n) is 2.84. The molecule has 0 aromatic heterocycles. The van der Waals surface area contributed by atoms with Gasteiger partial charge in [0.15, 0.2) is 0 Å². The van der Waals surface area contributed by atoms with E-state index < -0.39 is 15.8 Å². The lowest BCUT2D eigenvalue weighted by atomic mass is 10.1. The highest BCUT2D eigenvalue weighted by molar-refractivity contribution is 7.92. The minimum atomic E-state index is -3.90. The molecule has 1 saturated heterocycles. The van der Waals surface area contributed by atoms with Crippen LogP contribution in [0, 0.1) is 5.82 Å². The van der Waals surface area contributed by atoms with Crippen LogP contribution in [0.2, 0.25) is 0 Å². The number of likely N-dealkylation sites (tertiary alicyclic amines) is 1. The van der Waals surface area contributed by atoms with E-state index in [4.69, 9.17) is 0 Å². The number of hydrogen-bond donors (Lipinski definition) is 1. The molecule has 25 heavy (non-hydrogen) atoms. The molecular formula is C18H19FN2O3S. The van der Waals surface area contributed by atoms with Crippen LogP contribution in [0.4, 0.5) is 10.1 Å². The first-order chi connectivity index (χ1) is 12.0. The Morgan fingerprint density at radius 3 is 2.44 bits per heavy atom. The van der Waals surface area contributed by atoms with E-state index in [1.807, 2.05) is 0 Å². The summed E-state index contributed by atoms with van der Waals surface area (Å²) in [5, 5.41) is 0. The fourth-order valence-corrected chi connectivity index (χ4v) is 3.94. The molecule has 0 saturated carbocycles. The van der Waals surface area contributed by atoms with Gasteiger partial charge in [0.1, 0.15) is 5.82 Å². The number of amides is 1. The van der Waals surface area contributed by atoms with Crippen molar-refractivity contribution in [1.82, 2.24) is 4.90 Å². The van der Waals surface area contributed by atoms with Crippen molar-refractivity contribution >= 4 is 21.6 Å². The van der Waals surface area contributed by atoms with Crippen molar-refractivity contribution in [2.24, 2.45) is 0 Å². The number of anilines is 1. The van der Waals surface area contributed by atoms with Gasteiger partial charge in [-0.1, -0.05) is 12.1 Å². The molecule has 0 radical (unpaired) electrons. The Hall–Kier alpha value is -2.41. The molecule has 2 aromatic rings. The van der Waals surface area contributed by atoms with E-state index in [2.05, 4.69) is 4.72 Å². The quantitative estimate of drug-likeness (QED) is 0.908. The molecule has 0 unspecified atom stereocenters. The maximum absolute atomic E-state index is 13.2. The molecule has 0 atom stereocenters. The Bertz CT molecular complexity index is 877. The number of benzene rings is 2. The lowest BCUT2D eigenvalue weighted by Gasteiger charge is -2.26. The zero-order chi connectivity index (χ0) is 17.9. The van der Waals surface area contributed by atoms with E-state index in [9.17, 15) is 17.6 Å². The zero-order valence-corrected chi connectivity index (χ0v) is 14.4. The van der Waals surface area contributed by atoms with Gasteiger partial charge in [0.05, 0.1) is 10.6 Å². The van der Waals surface area contributed by atoms with Crippen LogP contribution in [0.15, 0.2) is 53.4 Å². The van der Waals surface area contributed by atoms with E-state index in [1.54, 1.807) is 11.0 Å². The van der Waals surface area contributed by atoms with Gasteiger partial charge in [-0.05, 0) is 55.7 Å². The van der Waals surface area contributed by atoms with Crippen molar-refractivity contribution in [2.75, 3.05) is 17.8 Å². The first kappa shape index (κ1) is 17.4. The molecule has 1 aliphatic rings. The van der Waals surface area contributed by atoms with Crippen molar-refractivity contribution in [3.05, 3.63) is 59.9 Å². The molecule has 1 aliphatic heterocycles. The van der Waals surface area contributed by atoms with Crippen LogP contribution in [0.5, 0.6) is 0 Å². The number of carbonyl (C=O) groups excluding carboxylic acids is 1. The van der Waals surface area contributed by atoms with Crippen LogP contribution in [0.1, 0.15) is 29.6 Å². The second-order valence-corrected chi connectivity index (χ2v) is 7.68. The molecule has 132 valence electrons. The molecule has 0 spiro atoms. The molecule has 5 nitrogen and oxygen atoms in total. The number of halogens is 1. The van der Waals surface area contributed by atoms with Crippen LogP contribution < -0.4 is 4.72 Å². The first-order valence-electron chi connectivity index (χ1n) is 8.13. The topological polar surface area (TPSA) is 66.5 Å². The Kier molecular flexibility index (Phi) is 5.03. The molecular weight excluding hydrogens is 343 g/mol. The summed E-state index contributed by atoms with van der Waals surface area (Å²) in [5.41, 5.74) is 0.469. The van der Waals surface area contributed by atoms with E-state index in [0.717, 1.165) is 25.3 Å². The predicted molar refractivity (Wildman–Crippen MR) is 93.4 cm³/mol. The third kappa shape index (κ3) is 4.17. The summed E-state index contributed by atoms with van der Waals surface area (Å²) < 4.78 is 40.6. The summed E-state index contributed by atoms with van der Waals surface area (Å²) in [7, 11) is -3.90. The summed E-state index contributed by atoms with van der Waals surface area (Å²) >= 11 is 0. The molecule has 7 heteroatoms. The number of sulfonamides is 1. The Morgan fingerprint density at radius 1 is 1.00 bits per heavy atom. The average molecular weight is 362 g/mol. The maximum Gasteiger partial charge on any atom is 0.261 e. The number of nitrogens with one attached hydrogen (secondary N) is 1. The molecule has 1 fully saturated rings. The zero-order valence-electron chi connectivity index (χ0n) is 13.6. The van der Waals surface area contributed by atoms with Gasteiger partial charge in [0.25, 0.3) is 15.9 Å². The molecule has 0 aliphatic carbocycles. The third-order valence-corrected chi connectivity index (χ3v) is 5.49. The van der Waals surface area contributed by atoms with Crippen molar-refractivity contribution in [3.8, 4) is 0 Å². The van der Waals surface area contributed by atoms with Gasteiger partial charge in [-0.2, -0.15) is 0 Å². The van der Waals surface area contributed by atoms with Gasteiger partial charge in [-0.25, -0.2) is 12.8 Å². The summed E-state index contributed by atoms with van der Waals surface area (Å²) in [6.45, 7) is 1.38. The highest BCUT2D eigenvalue weighted by Crippen LogP contribution is 2.19. The van der Waals surface area contributed by atoms with Crippen LogP contribution >= 0.6 is 0 Å². The largest absolute Gasteiger partial charge is 0.339 e. The molecule has 0 bridgehead atoms. The summed E-state index contributed by atoms with van der Waals surface area (Å²) in [4.78, 5) is 14.3. The van der Waals surface area contributed by atoms with Crippen LogP contribution in [0.3, 0.4) is 0 Å². The monoisotopic (exact) mass is 362 g/mol. The van der Waals surface area contributed by atoms with Gasteiger partial charge >= 0.3 is 0 Å².